The first kappa shape index (κ1) is 11.4. The summed E-state index contributed by atoms with van der Waals surface area (Å²) in [6.45, 7) is 7.16. The molecule has 1 aromatic rings. The Bertz CT molecular complexity index is 356. The second-order valence-electron chi connectivity index (χ2n) is 4.69. The highest BCUT2D eigenvalue weighted by molar-refractivity contribution is 7.71. The van der Waals surface area contributed by atoms with Gasteiger partial charge in [-0.25, -0.2) is 0 Å². The van der Waals surface area contributed by atoms with E-state index in [1.54, 1.807) is 0 Å². The van der Waals surface area contributed by atoms with Gasteiger partial charge < -0.3 is 4.90 Å². The molecule has 0 aliphatic carbocycles. The fourth-order valence-electron chi connectivity index (χ4n) is 1.41. The first-order valence-electron chi connectivity index (χ1n) is 4.64. The van der Waals surface area contributed by atoms with Crippen LogP contribution in [0.25, 0.3) is 0 Å². The Balaban J connectivity index is 3.13. The van der Waals surface area contributed by atoms with E-state index in [4.69, 9.17) is 12.2 Å². The number of hydrogen-bond acceptors (Lipinski definition) is 3. The Labute approximate surface area is 89.9 Å². The van der Waals surface area contributed by atoms with Gasteiger partial charge in [-0.1, -0.05) is 0 Å². The summed E-state index contributed by atoms with van der Waals surface area (Å²) in [4.78, 5) is 2.08. The van der Waals surface area contributed by atoms with Gasteiger partial charge >= 0.3 is 0 Å². The van der Waals surface area contributed by atoms with Gasteiger partial charge in [-0.3, -0.25) is 9.67 Å². The lowest BCUT2D eigenvalue weighted by atomic mass is 10.1. The first-order chi connectivity index (χ1) is 6.32. The molecular formula is C9H18N4S. The van der Waals surface area contributed by atoms with Crippen molar-refractivity contribution in [1.82, 2.24) is 19.7 Å². The van der Waals surface area contributed by atoms with Crippen LogP contribution in [0, 0.1) is 4.77 Å². The average molecular weight is 214 g/mol. The van der Waals surface area contributed by atoms with Crippen molar-refractivity contribution in [3.05, 3.63) is 10.6 Å². The monoisotopic (exact) mass is 214 g/mol. The highest BCUT2D eigenvalue weighted by Gasteiger charge is 2.19. The molecule has 0 spiro atoms. The summed E-state index contributed by atoms with van der Waals surface area (Å²) in [6, 6.07) is 0. The number of H-pyrrole nitrogens is 1. The minimum absolute atomic E-state index is 0.0184. The average Bonchev–Trinajstić information content (AvgIpc) is 2.28. The smallest absolute Gasteiger partial charge is 0.195 e. The highest BCUT2D eigenvalue weighted by atomic mass is 32.1. The molecule has 1 rings (SSSR count). The third kappa shape index (κ3) is 2.42. The fraction of sp³-hybridized carbons (Fsp3) is 0.778. The van der Waals surface area contributed by atoms with Crippen LogP contribution in [0.2, 0.25) is 0 Å². The molecule has 80 valence electrons. The van der Waals surface area contributed by atoms with Crippen molar-refractivity contribution >= 4 is 12.2 Å². The van der Waals surface area contributed by atoms with Gasteiger partial charge in [0.15, 0.2) is 4.77 Å². The number of nitrogens with zero attached hydrogens (tertiary/aromatic N) is 3. The molecule has 0 unspecified atom stereocenters. The summed E-state index contributed by atoms with van der Waals surface area (Å²) in [7, 11) is 4.04. The molecule has 4 nitrogen and oxygen atoms in total. The van der Waals surface area contributed by atoms with E-state index in [2.05, 4.69) is 40.4 Å². The predicted molar refractivity (Wildman–Crippen MR) is 59.8 cm³/mol. The normalized spacial score (nSPS) is 12.4. The molecule has 0 aliphatic rings. The molecule has 1 N–H and O–H groups in total. The molecule has 5 heteroatoms. The zero-order valence-corrected chi connectivity index (χ0v) is 10.3. The number of hydrogen-bond donors (Lipinski definition) is 1. The Morgan fingerprint density at radius 1 is 1.43 bits per heavy atom. The standard InChI is InChI=1S/C9H18N4S/c1-9(2,3)13-7(6-12(4)5)10-11-8(13)14/h6H2,1-5H3,(H,11,14). The molecule has 0 saturated carbocycles. The largest absolute Gasteiger partial charge is 0.302 e. The van der Waals surface area contributed by atoms with E-state index < -0.39 is 0 Å². The number of rotatable bonds is 2. The molecule has 0 fully saturated rings. The third-order valence-electron chi connectivity index (χ3n) is 1.87. The molecule has 0 atom stereocenters. The Morgan fingerprint density at radius 2 is 2.00 bits per heavy atom. The van der Waals surface area contributed by atoms with Crippen LogP contribution in [-0.4, -0.2) is 33.8 Å². The minimum Gasteiger partial charge on any atom is -0.302 e. The quantitative estimate of drug-likeness (QED) is 0.762. The Kier molecular flexibility index (Phi) is 3.11. The second kappa shape index (κ2) is 3.82. The van der Waals surface area contributed by atoms with E-state index in [0.29, 0.717) is 4.77 Å². The second-order valence-corrected chi connectivity index (χ2v) is 5.08. The lowest BCUT2D eigenvalue weighted by molar-refractivity contribution is 0.331. The fourth-order valence-corrected chi connectivity index (χ4v) is 1.84. The molecule has 1 heterocycles. The van der Waals surface area contributed by atoms with Gasteiger partial charge in [-0.2, -0.15) is 5.10 Å². The summed E-state index contributed by atoms with van der Waals surface area (Å²) in [5.41, 5.74) is -0.0184. The van der Waals surface area contributed by atoms with Crippen molar-refractivity contribution < 1.29 is 0 Å². The van der Waals surface area contributed by atoms with E-state index in [-0.39, 0.29) is 5.54 Å². The summed E-state index contributed by atoms with van der Waals surface area (Å²) in [6.07, 6.45) is 0. The molecule has 0 aliphatic heterocycles. The van der Waals surface area contributed by atoms with Crippen molar-refractivity contribution in [3.63, 3.8) is 0 Å². The Hall–Kier alpha value is -0.680. The molecule has 1 aromatic heterocycles. The lowest BCUT2D eigenvalue weighted by Gasteiger charge is -2.23. The van der Waals surface area contributed by atoms with Crippen LogP contribution in [0.4, 0.5) is 0 Å². The van der Waals surface area contributed by atoms with Gasteiger partial charge in [0.2, 0.25) is 0 Å². The maximum Gasteiger partial charge on any atom is 0.195 e. The summed E-state index contributed by atoms with van der Waals surface area (Å²) < 4.78 is 2.75. The van der Waals surface area contributed by atoms with Crippen LogP contribution in [0.1, 0.15) is 26.6 Å². The van der Waals surface area contributed by atoms with Gasteiger partial charge in [0.1, 0.15) is 5.82 Å². The summed E-state index contributed by atoms with van der Waals surface area (Å²) in [5.74, 6) is 0.979. The summed E-state index contributed by atoms with van der Waals surface area (Å²) in [5, 5.41) is 7.06. The number of aromatic amines is 1. The first-order valence-corrected chi connectivity index (χ1v) is 5.04. The van der Waals surface area contributed by atoms with Crippen molar-refractivity contribution in [2.24, 2.45) is 0 Å². The zero-order chi connectivity index (χ0) is 10.9. The maximum atomic E-state index is 5.20. The topological polar surface area (TPSA) is 36.9 Å². The summed E-state index contributed by atoms with van der Waals surface area (Å²) >= 11 is 5.20. The molecule has 0 radical (unpaired) electrons. The highest BCUT2D eigenvalue weighted by Crippen LogP contribution is 2.16. The predicted octanol–water partition coefficient (Wildman–Crippen LogP) is 1.76. The van der Waals surface area contributed by atoms with Gasteiger partial charge in [-0.05, 0) is 47.1 Å². The number of nitrogens with one attached hydrogen (secondary N) is 1. The van der Waals surface area contributed by atoms with E-state index in [9.17, 15) is 0 Å². The van der Waals surface area contributed by atoms with Crippen LogP contribution < -0.4 is 0 Å². The van der Waals surface area contributed by atoms with E-state index in [1.165, 1.54) is 0 Å². The molecule has 0 bridgehead atoms. The van der Waals surface area contributed by atoms with Crippen LogP contribution in [-0.2, 0) is 12.1 Å². The minimum atomic E-state index is -0.0184. The van der Waals surface area contributed by atoms with Crippen molar-refractivity contribution in [2.75, 3.05) is 14.1 Å². The molecule has 14 heavy (non-hydrogen) atoms. The van der Waals surface area contributed by atoms with E-state index >= 15 is 0 Å². The van der Waals surface area contributed by atoms with Gasteiger partial charge in [0, 0.05) is 5.54 Å². The van der Waals surface area contributed by atoms with Crippen LogP contribution in [0.5, 0.6) is 0 Å². The molecular weight excluding hydrogens is 196 g/mol. The van der Waals surface area contributed by atoms with Crippen molar-refractivity contribution in [1.29, 1.82) is 0 Å². The molecule has 0 saturated heterocycles. The molecule has 0 amide bonds. The van der Waals surface area contributed by atoms with E-state index in [0.717, 1.165) is 12.4 Å². The Morgan fingerprint density at radius 3 is 2.43 bits per heavy atom. The SMILES string of the molecule is CN(C)Cc1n[nH]c(=S)n1C(C)(C)C. The third-order valence-corrected chi connectivity index (χ3v) is 2.14. The van der Waals surface area contributed by atoms with E-state index in [1.807, 2.05) is 14.1 Å². The number of aromatic nitrogens is 3. The van der Waals surface area contributed by atoms with Gasteiger partial charge in [0.25, 0.3) is 0 Å². The van der Waals surface area contributed by atoms with Gasteiger partial charge in [0.05, 0.1) is 6.54 Å². The van der Waals surface area contributed by atoms with Crippen LogP contribution in [0.3, 0.4) is 0 Å². The van der Waals surface area contributed by atoms with Crippen molar-refractivity contribution in [3.8, 4) is 0 Å². The van der Waals surface area contributed by atoms with Gasteiger partial charge in [-0.15, -0.1) is 0 Å². The maximum absolute atomic E-state index is 5.20. The van der Waals surface area contributed by atoms with Crippen molar-refractivity contribution in [2.45, 2.75) is 32.9 Å². The zero-order valence-electron chi connectivity index (χ0n) is 9.46. The van der Waals surface area contributed by atoms with Crippen LogP contribution >= 0.6 is 12.2 Å². The molecule has 0 aromatic carbocycles. The lowest BCUT2D eigenvalue weighted by Crippen LogP contribution is -2.26. The van der Waals surface area contributed by atoms with Crippen LogP contribution in [0.15, 0.2) is 0 Å².